The highest BCUT2D eigenvalue weighted by molar-refractivity contribution is 7.09. The van der Waals surface area contributed by atoms with E-state index in [1.54, 1.807) is 11.3 Å². The van der Waals surface area contributed by atoms with Crippen molar-refractivity contribution in [1.29, 1.82) is 0 Å². The van der Waals surface area contributed by atoms with E-state index in [9.17, 15) is 4.79 Å². The third kappa shape index (κ3) is 2.17. The fourth-order valence-electron chi connectivity index (χ4n) is 3.36. The second-order valence-corrected chi connectivity index (χ2v) is 7.46. The lowest BCUT2D eigenvalue weighted by molar-refractivity contribution is -0.124. The lowest BCUT2D eigenvalue weighted by Gasteiger charge is -2.17. The van der Waals surface area contributed by atoms with Crippen molar-refractivity contribution < 1.29 is 9.53 Å². The minimum Gasteiger partial charge on any atom is -0.381 e. The molecule has 2 saturated carbocycles. The molecule has 5 heteroatoms. The zero-order chi connectivity index (χ0) is 13.7. The number of rotatable bonds is 4. The summed E-state index contributed by atoms with van der Waals surface area (Å²) in [5, 5.41) is 6.42. The van der Waals surface area contributed by atoms with E-state index in [4.69, 9.17) is 4.74 Å². The number of nitrogens with zero attached hydrogens (tertiary/aromatic N) is 1. The van der Waals surface area contributed by atoms with Crippen LogP contribution in [0, 0.1) is 24.2 Å². The van der Waals surface area contributed by atoms with Gasteiger partial charge in [-0.25, -0.2) is 4.98 Å². The van der Waals surface area contributed by atoms with Crippen molar-refractivity contribution in [1.82, 2.24) is 10.3 Å². The van der Waals surface area contributed by atoms with Gasteiger partial charge in [-0.1, -0.05) is 0 Å². The summed E-state index contributed by atoms with van der Waals surface area (Å²) in [6.07, 6.45) is 4.48. The Morgan fingerprint density at radius 2 is 2.45 bits per heavy atom. The van der Waals surface area contributed by atoms with E-state index in [0.29, 0.717) is 5.92 Å². The monoisotopic (exact) mass is 292 g/mol. The van der Waals surface area contributed by atoms with Gasteiger partial charge in [-0.05, 0) is 38.5 Å². The number of carbonyl (C=O) groups is 1. The topological polar surface area (TPSA) is 51.2 Å². The van der Waals surface area contributed by atoms with E-state index in [-0.39, 0.29) is 23.3 Å². The highest BCUT2D eigenvalue weighted by Crippen LogP contribution is 2.58. The van der Waals surface area contributed by atoms with Crippen molar-refractivity contribution in [3.8, 4) is 0 Å². The van der Waals surface area contributed by atoms with Crippen molar-refractivity contribution >= 4 is 17.2 Å². The number of hydrogen-bond donors (Lipinski definition) is 1. The van der Waals surface area contributed by atoms with Crippen LogP contribution in [0.2, 0.25) is 0 Å². The van der Waals surface area contributed by atoms with Gasteiger partial charge in [0.05, 0.1) is 12.6 Å². The van der Waals surface area contributed by atoms with Crippen LogP contribution in [0.1, 0.15) is 42.4 Å². The Morgan fingerprint density at radius 1 is 1.60 bits per heavy atom. The summed E-state index contributed by atoms with van der Waals surface area (Å²) in [6, 6.07) is 0.140. The van der Waals surface area contributed by atoms with Gasteiger partial charge in [0, 0.05) is 29.0 Å². The van der Waals surface area contributed by atoms with Gasteiger partial charge in [-0.3, -0.25) is 4.79 Å². The zero-order valence-electron chi connectivity index (χ0n) is 11.7. The molecule has 1 N–H and O–H groups in total. The Balaban J connectivity index is 1.45. The average molecular weight is 292 g/mol. The van der Waals surface area contributed by atoms with E-state index >= 15 is 0 Å². The van der Waals surface area contributed by atoms with E-state index in [1.165, 1.54) is 12.8 Å². The van der Waals surface area contributed by atoms with Crippen LogP contribution in [-0.4, -0.2) is 24.1 Å². The largest absolute Gasteiger partial charge is 0.381 e. The molecular formula is C15H20N2O2S. The zero-order valence-corrected chi connectivity index (χ0v) is 12.5. The number of aryl methyl sites for hydroxylation is 1. The summed E-state index contributed by atoms with van der Waals surface area (Å²) in [5.41, 5.74) is 1.23. The first-order valence-electron chi connectivity index (χ1n) is 7.48. The van der Waals surface area contributed by atoms with Crippen LogP contribution in [0.4, 0.5) is 0 Å². The summed E-state index contributed by atoms with van der Waals surface area (Å²) in [4.78, 5) is 17.1. The van der Waals surface area contributed by atoms with Crippen molar-refractivity contribution in [2.45, 2.75) is 38.6 Å². The van der Waals surface area contributed by atoms with Gasteiger partial charge in [0.1, 0.15) is 5.01 Å². The van der Waals surface area contributed by atoms with Gasteiger partial charge < -0.3 is 10.1 Å². The first-order chi connectivity index (χ1) is 9.68. The molecule has 3 unspecified atom stereocenters. The van der Waals surface area contributed by atoms with Gasteiger partial charge in [0.15, 0.2) is 0 Å². The number of hydrogen-bond acceptors (Lipinski definition) is 4. The molecule has 0 bridgehead atoms. The van der Waals surface area contributed by atoms with Gasteiger partial charge in [0.25, 0.3) is 0 Å². The molecule has 1 aromatic rings. The predicted octanol–water partition coefficient (Wildman–Crippen LogP) is 2.45. The standard InChI is InChI=1S/C15H20N2O2S/c1-9-7-20-14(16-9)12(10-2-3-10)17-13(18)11-6-15(11)4-5-19-8-15/h7,10-12H,2-6,8H2,1H3,(H,17,18). The van der Waals surface area contributed by atoms with Gasteiger partial charge in [0.2, 0.25) is 5.91 Å². The minimum atomic E-state index is 0.140. The van der Waals surface area contributed by atoms with Crippen molar-refractivity contribution in [2.75, 3.05) is 13.2 Å². The summed E-state index contributed by atoms with van der Waals surface area (Å²) < 4.78 is 5.47. The number of ether oxygens (including phenoxy) is 1. The van der Waals surface area contributed by atoms with E-state index in [2.05, 4.69) is 15.7 Å². The number of thiazole rings is 1. The summed E-state index contributed by atoms with van der Waals surface area (Å²) >= 11 is 1.67. The normalized spacial score (nSPS) is 33.4. The summed E-state index contributed by atoms with van der Waals surface area (Å²) in [7, 11) is 0. The van der Waals surface area contributed by atoms with Gasteiger partial charge in [-0.2, -0.15) is 0 Å². The van der Waals surface area contributed by atoms with E-state index < -0.39 is 0 Å². The van der Waals surface area contributed by atoms with E-state index in [1.807, 2.05) is 6.92 Å². The number of amides is 1. The molecule has 1 saturated heterocycles. The molecule has 1 amide bonds. The molecule has 2 heterocycles. The molecule has 0 radical (unpaired) electrons. The van der Waals surface area contributed by atoms with Gasteiger partial charge >= 0.3 is 0 Å². The highest BCUT2D eigenvalue weighted by Gasteiger charge is 2.60. The van der Waals surface area contributed by atoms with Gasteiger partial charge in [-0.15, -0.1) is 11.3 Å². The lowest BCUT2D eigenvalue weighted by atomic mass is 10.0. The van der Waals surface area contributed by atoms with Crippen LogP contribution in [0.25, 0.3) is 0 Å². The number of carbonyl (C=O) groups excluding carboxylic acids is 1. The highest BCUT2D eigenvalue weighted by atomic mass is 32.1. The molecule has 108 valence electrons. The first kappa shape index (κ1) is 12.8. The van der Waals surface area contributed by atoms with Crippen molar-refractivity contribution in [3.63, 3.8) is 0 Å². The van der Waals surface area contributed by atoms with Crippen LogP contribution >= 0.6 is 11.3 Å². The summed E-state index contributed by atoms with van der Waals surface area (Å²) in [5.74, 6) is 0.992. The van der Waals surface area contributed by atoms with Crippen LogP contribution in [0.15, 0.2) is 5.38 Å². The first-order valence-corrected chi connectivity index (χ1v) is 8.36. The maximum absolute atomic E-state index is 12.5. The van der Waals surface area contributed by atoms with Crippen LogP contribution < -0.4 is 5.32 Å². The van der Waals surface area contributed by atoms with Crippen molar-refractivity contribution in [3.05, 3.63) is 16.1 Å². The molecule has 20 heavy (non-hydrogen) atoms. The molecule has 1 aromatic heterocycles. The fraction of sp³-hybridized carbons (Fsp3) is 0.733. The molecule has 3 fully saturated rings. The fourth-order valence-corrected chi connectivity index (χ4v) is 4.30. The average Bonchev–Trinajstić information content (AvgIpc) is 3.27. The maximum Gasteiger partial charge on any atom is 0.224 e. The molecule has 1 spiro atoms. The third-order valence-electron chi connectivity index (χ3n) is 4.93. The number of aromatic nitrogens is 1. The molecule has 1 aliphatic heterocycles. The second kappa shape index (κ2) is 4.53. The van der Waals surface area contributed by atoms with Crippen LogP contribution in [-0.2, 0) is 9.53 Å². The molecule has 4 nitrogen and oxygen atoms in total. The lowest BCUT2D eigenvalue weighted by Crippen LogP contribution is -2.32. The Hall–Kier alpha value is -0.940. The Kier molecular flexibility index (Phi) is 2.89. The Morgan fingerprint density at radius 3 is 3.05 bits per heavy atom. The third-order valence-corrected chi connectivity index (χ3v) is 5.98. The maximum atomic E-state index is 12.5. The summed E-state index contributed by atoms with van der Waals surface area (Å²) in [6.45, 7) is 3.61. The second-order valence-electron chi connectivity index (χ2n) is 6.57. The molecule has 3 aliphatic rings. The predicted molar refractivity (Wildman–Crippen MR) is 76.4 cm³/mol. The molecule has 0 aromatic carbocycles. The number of nitrogens with one attached hydrogen (secondary N) is 1. The van der Waals surface area contributed by atoms with E-state index in [0.717, 1.165) is 36.8 Å². The molecular weight excluding hydrogens is 272 g/mol. The Bertz CT molecular complexity index is 532. The van der Waals surface area contributed by atoms with Crippen LogP contribution in [0.5, 0.6) is 0 Å². The SMILES string of the molecule is Cc1csc(C(NC(=O)C2CC23CCOC3)C2CC2)n1. The molecule has 4 rings (SSSR count). The van der Waals surface area contributed by atoms with Crippen molar-refractivity contribution in [2.24, 2.45) is 17.3 Å². The molecule has 3 atom stereocenters. The Labute approximate surface area is 122 Å². The smallest absolute Gasteiger partial charge is 0.224 e. The molecule has 2 aliphatic carbocycles. The quantitative estimate of drug-likeness (QED) is 0.927. The minimum absolute atomic E-state index is 0.140. The van der Waals surface area contributed by atoms with Crippen LogP contribution in [0.3, 0.4) is 0 Å².